The van der Waals surface area contributed by atoms with E-state index in [1.54, 1.807) is 18.2 Å². The maximum atomic E-state index is 11.4. The Hall–Kier alpha value is -2.08. The number of rotatable bonds is 4. The molecule has 0 bridgehead atoms. The van der Waals surface area contributed by atoms with Crippen LogP contribution in [0.4, 0.5) is 0 Å². The number of esters is 2. The van der Waals surface area contributed by atoms with Crippen molar-refractivity contribution in [2.24, 2.45) is 11.8 Å². The Kier molecular flexibility index (Phi) is 5.83. The average Bonchev–Trinajstić information content (AvgIpc) is 2.50. The number of hydrogen-bond acceptors (Lipinski definition) is 6. The lowest BCUT2D eigenvalue weighted by molar-refractivity contribution is -0.207. The Bertz CT molecular complexity index is 599. The molecule has 6 nitrogen and oxygen atoms in total. The van der Waals surface area contributed by atoms with E-state index in [1.165, 1.54) is 13.8 Å². The highest BCUT2D eigenvalue weighted by atomic mass is 16.6. The number of hydrogen-bond donors (Lipinski definition) is 1. The fourth-order valence-corrected chi connectivity index (χ4v) is 3.10. The zero-order chi connectivity index (χ0) is 17.9. The molecule has 24 heavy (non-hydrogen) atoms. The van der Waals surface area contributed by atoms with E-state index in [9.17, 15) is 14.7 Å². The Morgan fingerprint density at radius 3 is 2.46 bits per heavy atom. The van der Waals surface area contributed by atoms with Crippen LogP contribution in [0.15, 0.2) is 24.3 Å². The summed E-state index contributed by atoms with van der Waals surface area (Å²) in [6.45, 7) is 6.68. The summed E-state index contributed by atoms with van der Waals surface area (Å²) in [5.41, 5.74) is 0.837. The molecule has 0 amide bonds. The van der Waals surface area contributed by atoms with Gasteiger partial charge in [-0.05, 0) is 23.6 Å². The molecular weight excluding hydrogens is 312 g/mol. The van der Waals surface area contributed by atoms with Crippen LogP contribution in [-0.2, 0) is 23.8 Å². The van der Waals surface area contributed by atoms with E-state index in [2.05, 4.69) is 0 Å². The first-order chi connectivity index (χ1) is 11.3. The molecule has 0 unspecified atom stereocenters. The molecule has 1 aliphatic rings. The molecule has 1 aromatic carbocycles. The Balaban J connectivity index is 2.26. The minimum Gasteiger partial charge on any atom is -0.508 e. The van der Waals surface area contributed by atoms with Crippen molar-refractivity contribution in [1.29, 1.82) is 0 Å². The van der Waals surface area contributed by atoms with Gasteiger partial charge in [0.05, 0.1) is 6.10 Å². The largest absolute Gasteiger partial charge is 0.508 e. The van der Waals surface area contributed by atoms with Crippen LogP contribution in [-0.4, -0.2) is 35.9 Å². The van der Waals surface area contributed by atoms with E-state index in [4.69, 9.17) is 14.2 Å². The van der Waals surface area contributed by atoms with Crippen LogP contribution in [0.2, 0.25) is 0 Å². The maximum Gasteiger partial charge on any atom is 0.303 e. The smallest absolute Gasteiger partial charge is 0.303 e. The van der Waals surface area contributed by atoms with Crippen LogP contribution in [0.25, 0.3) is 0 Å². The summed E-state index contributed by atoms with van der Waals surface area (Å²) in [7, 11) is 0. The summed E-state index contributed by atoms with van der Waals surface area (Å²) >= 11 is 0. The number of phenolic OH excluding ortho intramolecular Hbond substituents is 1. The van der Waals surface area contributed by atoms with Gasteiger partial charge < -0.3 is 19.3 Å². The van der Waals surface area contributed by atoms with Crippen molar-refractivity contribution in [3.05, 3.63) is 29.8 Å². The molecule has 132 valence electrons. The molecule has 1 aromatic rings. The van der Waals surface area contributed by atoms with Gasteiger partial charge in [0.2, 0.25) is 0 Å². The molecule has 0 saturated carbocycles. The summed E-state index contributed by atoms with van der Waals surface area (Å²) < 4.78 is 16.6. The molecule has 0 spiro atoms. The fraction of sp³-hybridized carbons (Fsp3) is 0.556. The first-order valence-corrected chi connectivity index (χ1v) is 8.04. The highest BCUT2D eigenvalue weighted by Gasteiger charge is 2.44. The molecule has 1 saturated heterocycles. The van der Waals surface area contributed by atoms with E-state index >= 15 is 0 Å². The topological polar surface area (TPSA) is 82.1 Å². The van der Waals surface area contributed by atoms with Crippen molar-refractivity contribution in [1.82, 2.24) is 0 Å². The van der Waals surface area contributed by atoms with Gasteiger partial charge in [0.15, 0.2) is 0 Å². The molecule has 0 aromatic heterocycles. The van der Waals surface area contributed by atoms with Crippen molar-refractivity contribution in [3.8, 4) is 5.75 Å². The number of carbonyl (C=O) groups excluding carboxylic acids is 2. The van der Waals surface area contributed by atoms with Gasteiger partial charge in [-0.25, -0.2) is 0 Å². The first kappa shape index (κ1) is 18.3. The number of carbonyl (C=O) groups is 2. The van der Waals surface area contributed by atoms with Crippen molar-refractivity contribution >= 4 is 11.9 Å². The molecule has 2 rings (SSSR count). The Morgan fingerprint density at radius 2 is 1.88 bits per heavy atom. The molecule has 1 fully saturated rings. The minimum absolute atomic E-state index is 0.00411. The third kappa shape index (κ3) is 4.26. The number of aromatic hydroxyl groups is 1. The van der Waals surface area contributed by atoms with Gasteiger partial charge in [0.25, 0.3) is 0 Å². The summed E-state index contributed by atoms with van der Waals surface area (Å²) in [5, 5.41) is 9.71. The SMILES string of the molecule is CC(=O)OC[C@H]1O[C@H](c2cccc(O)c2)[C@@H](C)[C@@H](C)[C@@H]1OC(C)=O. The van der Waals surface area contributed by atoms with Gasteiger partial charge in [0.1, 0.15) is 24.6 Å². The van der Waals surface area contributed by atoms with Gasteiger partial charge in [-0.15, -0.1) is 0 Å². The quantitative estimate of drug-likeness (QED) is 0.851. The second-order valence-corrected chi connectivity index (χ2v) is 6.28. The van der Waals surface area contributed by atoms with Crippen molar-refractivity contribution < 1.29 is 28.9 Å². The van der Waals surface area contributed by atoms with E-state index in [-0.39, 0.29) is 30.3 Å². The zero-order valence-electron chi connectivity index (χ0n) is 14.4. The lowest BCUT2D eigenvalue weighted by atomic mass is 9.79. The normalized spacial score (nSPS) is 29.8. The van der Waals surface area contributed by atoms with Crippen molar-refractivity contribution in [3.63, 3.8) is 0 Å². The molecule has 0 aliphatic carbocycles. The predicted octanol–water partition coefficient (Wildman–Crippen LogP) is 2.60. The summed E-state index contributed by atoms with van der Waals surface area (Å²) in [6.07, 6.45) is -1.35. The van der Waals surface area contributed by atoms with Crippen LogP contribution >= 0.6 is 0 Å². The summed E-state index contributed by atoms with van der Waals surface area (Å²) in [5.74, 6) is -0.610. The first-order valence-electron chi connectivity index (χ1n) is 8.04. The molecule has 5 atom stereocenters. The average molecular weight is 336 g/mol. The van der Waals surface area contributed by atoms with E-state index < -0.39 is 24.1 Å². The van der Waals surface area contributed by atoms with Crippen LogP contribution < -0.4 is 0 Å². The zero-order valence-corrected chi connectivity index (χ0v) is 14.4. The molecule has 6 heteroatoms. The van der Waals surface area contributed by atoms with E-state index in [1.807, 2.05) is 19.9 Å². The van der Waals surface area contributed by atoms with Gasteiger partial charge in [-0.1, -0.05) is 26.0 Å². The standard InChI is InChI=1S/C18H24O6/c1-10-11(2)18(23-13(4)20)16(9-22-12(3)19)24-17(10)14-6-5-7-15(21)8-14/h5-8,10-11,16-18,21H,9H2,1-4H3/t10-,11+,16+,17-,18-/m0/s1. The number of benzene rings is 1. The predicted molar refractivity (Wildman–Crippen MR) is 86.2 cm³/mol. The van der Waals surface area contributed by atoms with Gasteiger partial charge >= 0.3 is 11.9 Å². The van der Waals surface area contributed by atoms with E-state index in [0.717, 1.165) is 5.56 Å². The van der Waals surface area contributed by atoms with Crippen LogP contribution in [0.3, 0.4) is 0 Å². The third-order valence-electron chi connectivity index (χ3n) is 4.46. The van der Waals surface area contributed by atoms with Gasteiger partial charge in [0, 0.05) is 19.8 Å². The van der Waals surface area contributed by atoms with Crippen LogP contribution in [0, 0.1) is 11.8 Å². The third-order valence-corrected chi connectivity index (χ3v) is 4.46. The molecule has 0 radical (unpaired) electrons. The van der Waals surface area contributed by atoms with Gasteiger partial charge in [-0.2, -0.15) is 0 Å². The maximum absolute atomic E-state index is 11.4. The van der Waals surface area contributed by atoms with E-state index in [0.29, 0.717) is 0 Å². The highest BCUT2D eigenvalue weighted by molar-refractivity contribution is 5.66. The molecule has 1 heterocycles. The molecule has 1 aliphatic heterocycles. The Labute approximate surface area is 141 Å². The summed E-state index contributed by atoms with van der Waals surface area (Å²) in [6, 6.07) is 6.88. The highest BCUT2D eigenvalue weighted by Crippen LogP contribution is 2.41. The second kappa shape index (κ2) is 7.66. The monoisotopic (exact) mass is 336 g/mol. The minimum atomic E-state index is -0.559. The fourth-order valence-electron chi connectivity index (χ4n) is 3.10. The van der Waals surface area contributed by atoms with Crippen molar-refractivity contribution in [2.45, 2.75) is 46.0 Å². The van der Waals surface area contributed by atoms with Gasteiger partial charge in [-0.3, -0.25) is 9.59 Å². The van der Waals surface area contributed by atoms with Crippen LogP contribution in [0.1, 0.15) is 39.4 Å². The van der Waals surface area contributed by atoms with Crippen LogP contribution in [0.5, 0.6) is 5.75 Å². The van der Waals surface area contributed by atoms with Crippen molar-refractivity contribution in [2.75, 3.05) is 6.61 Å². The summed E-state index contributed by atoms with van der Waals surface area (Å²) in [4.78, 5) is 22.6. The second-order valence-electron chi connectivity index (χ2n) is 6.28. The lowest BCUT2D eigenvalue weighted by Gasteiger charge is -2.44. The Morgan fingerprint density at radius 1 is 1.17 bits per heavy atom. The number of phenols is 1. The number of ether oxygens (including phenoxy) is 3. The molecule has 1 N–H and O–H groups in total. The molecular formula is C18H24O6. The lowest BCUT2D eigenvalue weighted by Crippen LogP contribution is -2.50.